The number of sulfone groups is 1. The van der Waals surface area contributed by atoms with Gasteiger partial charge in [0.2, 0.25) is 5.91 Å². The number of carbonyl (C=O) groups excluding carboxylic acids is 2. The number of amides is 2. The van der Waals surface area contributed by atoms with Gasteiger partial charge < -0.3 is 11.1 Å². The zero-order valence-corrected chi connectivity index (χ0v) is 15.8. The lowest BCUT2D eigenvalue weighted by atomic mass is 9.98. The Morgan fingerprint density at radius 1 is 1.24 bits per heavy atom. The van der Waals surface area contributed by atoms with Gasteiger partial charge in [-0.2, -0.15) is 0 Å². The number of primary amides is 1. The summed E-state index contributed by atoms with van der Waals surface area (Å²) in [5.41, 5.74) is 7.35. The number of benzene rings is 1. The van der Waals surface area contributed by atoms with Crippen molar-refractivity contribution in [3.05, 3.63) is 50.5 Å². The summed E-state index contributed by atoms with van der Waals surface area (Å²) in [4.78, 5) is 28.4. The summed E-state index contributed by atoms with van der Waals surface area (Å²) in [7, 11) is -3.32. The summed E-state index contributed by atoms with van der Waals surface area (Å²) in [5, 5.41) is 5.37. The van der Waals surface area contributed by atoms with Crippen LogP contribution in [0.2, 0.25) is 0 Å². The van der Waals surface area contributed by atoms with Crippen LogP contribution < -0.4 is 11.1 Å². The van der Waals surface area contributed by atoms with Crippen molar-refractivity contribution in [3.8, 4) is 0 Å². The van der Waals surface area contributed by atoms with Crippen LogP contribution in [0.1, 0.15) is 42.5 Å². The molecule has 0 unspecified atom stereocenters. The first kappa shape index (κ1) is 19.1. The molecule has 3 N–H and O–H groups in total. The van der Waals surface area contributed by atoms with Crippen molar-refractivity contribution in [2.24, 2.45) is 5.73 Å². The van der Waals surface area contributed by atoms with Gasteiger partial charge in [0.05, 0.1) is 12.3 Å². The van der Waals surface area contributed by atoms with E-state index in [-0.39, 0.29) is 23.4 Å². The number of hydrogen-bond acceptors (Lipinski definition) is 6. The van der Waals surface area contributed by atoms with E-state index in [0.717, 1.165) is 17.0 Å². The van der Waals surface area contributed by atoms with E-state index in [1.54, 1.807) is 6.92 Å². The Morgan fingerprint density at radius 2 is 1.88 bits per heavy atom. The summed E-state index contributed by atoms with van der Waals surface area (Å²) in [5.74, 6) is -1.40. The summed E-state index contributed by atoms with van der Waals surface area (Å²) in [6.45, 7) is 3.71. The van der Waals surface area contributed by atoms with Gasteiger partial charge in [0.1, 0.15) is 5.01 Å². The molecule has 0 aliphatic rings. The molecule has 0 atom stereocenters. The zero-order valence-electron chi connectivity index (χ0n) is 14.1. The smallest absolute Gasteiger partial charge is 0.251 e. The third kappa shape index (κ3) is 5.10. The van der Waals surface area contributed by atoms with Crippen LogP contribution in [0.4, 0.5) is 0 Å². The van der Waals surface area contributed by atoms with Crippen molar-refractivity contribution in [2.45, 2.75) is 26.1 Å². The highest BCUT2D eigenvalue weighted by atomic mass is 32.2. The molecule has 0 aliphatic carbocycles. The van der Waals surface area contributed by atoms with Gasteiger partial charge in [-0.3, -0.25) is 9.59 Å². The quantitative estimate of drug-likeness (QED) is 0.782. The molecular formula is C16H19N3O4S2. The van der Waals surface area contributed by atoms with E-state index in [9.17, 15) is 18.0 Å². The van der Waals surface area contributed by atoms with Crippen molar-refractivity contribution in [3.63, 3.8) is 0 Å². The molecule has 0 aliphatic heterocycles. The number of thiazole rings is 1. The number of aryl methyl sites for hydroxylation is 1. The Morgan fingerprint density at radius 3 is 2.40 bits per heavy atom. The first-order valence-corrected chi connectivity index (χ1v) is 10.3. The minimum absolute atomic E-state index is 0.136. The highest BCUT2D eigenvalue weighted by Crippen LogP contribution is 2.19. The number of rotatable bonds is 6. The van der Waals surface area contributed by atoms with Gasteiger partial charge in [0.15, 0.2) is 9.84 Å². The lowest BCUT2D eigenvalue weighted by Gasteiger charge is -2.12. The molecule has 25 heavy (non-hydrogen) atoms. The van der Waals surface area contributed by atoms with Gasteiger partial charge in [-0.25, -0.2) is 13.4 Å². The van der Waals surface area contributed by atoms with Crippen molar-refractivity contribution >= 4 is 33.0 Å². The lowest BCUT2D eigenvalue weighted by molar-refractivity contribution is 0.0950. The van der Waals surface area contributed by atoms with Crippen LogP contribution in [-0.4, -0.2) is 31.5 Å². The molecule has 0 fully saturated rings. The molecule has 7 nitrogen and oxygen atoms in total. The van der Waals surface area contributed by atoms with Crippen LogP contribution in [0, 0.1) is 13.8 Å². The van der Waals surface area contributed by atoms with Crippen LogP contribution in [0.15, 0.2) is 17.5 Å². The number of nitrogens with zero attached hydrogens (tertiary/aromatic N) is 1. The number of nitrogens with two attached hydrogens (primary N) is 1. The molecule has 9 heteroatoms. The predicted molar refractivity (Wildman–Crippen MR) is 96.3 cm³/mol. The van der Waals surface area contributed by atoms with Gasteiger partial charge in [-0.05, 0) is 37.1 Å². The third-order valence-electron chi connectivity index (χ3n) is 3.47. The maximum Gasteiger partial charge on any atom is 0.251 e. The van der Waals surface area contributed by atoms with Crippen LogP contribution in [0.3, 0.4) is 0 Å². The van der Waals surface area contributed by atoms with Crippen LogP contribution >= 0.6 is 11.3 Å². The Hall–Kier alpha value is -2.26. The molecule has 0 saturated carbocycles. The minimum Gasteiger partial charge on any atom is -0.366 e. The van der Waals surface area contributed by atoms with Crippen LogP contribution in [0.25, 0.3) is 0 Å². The minimum atomic E-state index is -3.32. The lowest BCUT2D eigenvalue weighted by Crippen LogP contribution is -2.25. The monoisotopic (exact) mass is 381 g/mol. The van der Waals surface area contributed by atoms with Crippen molar-refractivity contribution in [2.75, 3.05) is 6.26 Å². The normalized spacial score (nSPS) is 11.3. The summed E-state index contributed by atoms with van der Waals surface area (Å²) in [6, 6.07) is 2.89. The van der Waals surface area contributed by atoms with Gasteiger partial charge >= 0.3 is 0 Å². The molecule has 1 heterocycles. The summed E-state index contributed by atoms with van der Waals surface area (Å²) < 4.78 is 23.1. The number of nitrogens with one attached hydrogen (secondary N) is 1. The van der Waals surface area contributed by atoms with E-state index in [2.05, 4.69) is 10.3 Å². The Balaban J connectivity index is 2.33. The van der Waals surface area contributed by atoms with Crippen LogP contribution in [0.5, 0.6) is 0 Å². The second kappa shape index (κ2) is 7.32. The molecule has 134 valence electrons. The largest absolute Gasteiger partial charge is 0.366 e. The van der Waals surface area contributed by atoms with E-state index in [1.807, 2.05) is 12.3 Å². The zero-order chi connectivity index (χ0) is 18.8. The van der Waals surface area contributed by atoms with Gasteiger partial charge in [0.25, 0.3) is 5.91 Å². The van der Waals surface area contributed by atoms with E-state index < -0.39 is 21.7 Å². The highest BCUT2D eigenvalue weighted by molar-refractivity contribution is 7.89. The number of aromatic nitrogens is 1. The molecule has 1 aromatic heterocycles. The average Bonchev–Trinajstić information content (AvgIpc) is 2.90. The Bertz CT molecular complexity index is 933. The van der Waals surface area contributed by atoms with E-state index >= 15 is 0 Å². The standard InChI is InChI=1S/C16H19N3O4S2/c1-9-7-24-14(19-9)6-18-16(21)13-5-11(8-25(3,22)23)4-12(10(13)2)15(17)20/h4-5,7H,6,8H2,1-3H3,(H2,17,20)(H,18,21). The molecule has 2 aromatic rings. The molecule has 0 radical (unpaired) electrons. The molecule has 0 saturated heterocycles. The summed E-state index contributed by atoms with van der Waals surface area (Å²) >= 11 is 1.43. The SMILES string of the molecule is Cc1csc(CNC(=O)c2cc(CS(C)(=O)=O)cc(C(N)=O)c2C)n1. The molecule has 1 aromatic carbocycles. The van der Waals surface area contributed by atoms with Crippen molar-refractivity contribution in [1.29, 1.82) is 0 Å². The maximum absolute atomic E-state index is 12.5. The first-order valence-electron chi connectivity index (χ1n) is 7.37. The Kier molecular flexibility index (Phi) is 5.58. The van der Waals surface area contributed by atoms with E-state index in [0.29, 0.717) is 11.1 Å². The molecule has 0 spiro atoms. The van der Waals surface area contributed by atoms with Crippen molar-refractivity contribution in [1.82, 2.24) is 10.3 Å². The average molecular weight is 381 g/mol. The maximum atomic E-state index is 12.5. The molecular weight excluding hydrogens is 362 g/mol. The second-order valence-corrected chi connectivity index (χ2v) is 8.90. The summed E-state index contributed by atoms with van der Waals surface area (Å²) in [6.07, 6.45) is 1.08. The molecule has 2 amide bonds. The predicted octanol–water partition coefficient (Wildman–Crippen LogP) is 1.33. The first-order chi connectivity index (χ1) is 11.6. The van der Waals surface area contributed by atoms with E-state index in [4.69, 9.17) is 5.73 Å². The van der Waals surface area contributed by atoms with E-state index in [1.165, 1.54) is 23.5 Å². The fourth-order valence-corrected chi connectivity index (χ4v) is 3.87. The highest BCUT2D eigenvalue weighted by Gasteiger charge is 2.18. The number of carbonyl (C=O) groups is 2. The molecule has 2 rings (SSSR count). The van der Waals surface area contributed by atoms with Gasteiger partial charge in [0, 0.05) is 28.5 Å². The topological polar surface area (TPSA) is 119 Å². The molecule has 0 bridgehead atoms. The fourth-order valence-electron chi connectivity index (χ4n) is 2.39. The third-order valence-corrected chi connectivity index (χ3v) is 5.30. The van der Waals surface area contributed by atoms with Gasteiger partial charge in [-0.15, -0.1) is 11.3 Å². The number of hydrogen-bond donors (Lipinski definition) is 2. The Labute approximate surface area is 150 Å². The van der Waals surface area contributed by atoms with Gasteiger partial charge in [-0.1, -0.05) is 0 Å². The fraction of sp³-hybridized carbons (Fsp3) is 0.312. The van der Waals surface area contributed by atoms with Crippen molar-refractivity contribution < 1.29 is 18.0 Å². The second-order valence-electron chi connectivity index (χ2n) is 5.82. The van der Waals surface area contributed by atoms with Crippen LogP contribution in [-0.2, 0) is 22.1 Å².